The number of alkyl halides is 3. The van der Waals surface area contributed by atoms with Crippen LogP contribution in [-0.2, 0) is 17.5 Å². The van der Waals surface area contributed by atoms with E-state index >= 15 is 0 Å². The molecule has 2 aliphatic heterocycles. The lowest BCUT2D eigenvalue weighted by atomic mass is 9.99. The van der Waals surface area contributed by atoms with Gasteiger partial charge in [-0.15, -0.1) is 0 Å². The number of methoxy groups -OCH3 is 1. The van der Waals surface area contributed by atoms with Crippen LogP contribution in [0.2, 0.25) is 0 Å². The summed E-state index contributed by atoms with van der Waals surface area (Å²) in [4.78, 5) is 38.6. The molecule has 2 aliphatic rings. The van der Waals surface area contributed by atoms with Gasteiger partial charge in [-0.2, -0.15) is 13.2 Å². The number of nitrogens with one attached hydrogen (secondary N) is 2. The fourth-order valence-electron chi connectivity index (χ4n) is 3.61. The highest BCUT2D eigenvalue weighted by Gasteiger charge is 2.48. The number of hydrogen-bond donors (Lipinski definition) is 2. The molecule has 11 heteroatoms. The monoisotopic (exact) mass is 461 g/mol. The van der Waals surface area contributed by atoms with Gasteiger partial charge < -0.3 is 15.0 Å². The molecule has 0 aromatic heterocycles. The van der Waals surface area contributed by atoms with Crippen molar-refractivity contribution in [1.29, 1.82) is 0 Å². The number of ether oxygens (including phenoxy) is 1. The predicted octanol–water partition coefficient (Wildman–Crippen LogP) is 2.44. The van der Waals surface area contributed by atoms with E-state index in [0.29, 0.717) is 29.0 Å². The van der Waals surface area contributed by atoms with E-state index in [4.69, 9.17) is 4.74 Å². The second-order valence-corrected chi connectivity index (χ2v) is 7.44. The van der Waals surface area contributed by atoms with Crippen molar-refractivity contribution in [2.24, 2.45) is 0 Å². The van der Waals surface area contributed by atoms with Crippen LogP contribution in [0.4, 0.5) is 22.4 Å². The second-order valence-electron chi connectivity index (χ2n) is 7.44. The van der Waals surface area contributed by atoms with E-state index in [1.165, 1.54) is 12.0 Å². The number of amides is 4. The van der Waals surface area contributed by atoms with Crippen molar-refractivity contribution in [1.82, 2.24) is 15.5 Å². The summed E-state index contributed by atoms with van der Waals surface area (Å²) in [5.74, 6) is 2.63. The number of halogens is 4. The Balaban J connectivity index is 1.65. The van der Waals surface area contributed by atoms with E-state index in [0.717, 1.165) is 6.07 Å². The van der Waals surface area contributed by atoms with E-state index in [1.807, 2.05) is 5.32 Å². The smallest absolute Gasteiger partial charge is 0.419 e. The molecule has 2 aromatic rings. The molecule has 0 radical (unpaired) electrons. The fourth-order valence-corrected chi connectivity index (χ4v) is 3.61. The Hall–Kier alpha value is -4.07. The van der Waals surface area contributed by atoms with Gasteiger partial charge in [0.2, 0.25) is 5.54 Å². The Kier molecular flexibility index (Phi) is 5.24. The van der Waals surface area contributed by atoms with Crippen molar-refractivity contribution < 1.29 is 36.7 Å². The van der Waals surface area contributed by atoms with Gasteiger partial charge in [-0.3, -0.25) is 14.9 Å². The first kappa shape index (κ1) is 22.1. The van der Waals surface area contributed by atoms with Crippen molar-refractivity contribution in [2.75, 3.05) is 13.7 Å². The van der Waals surface area contributed by atoms with Gasteiger partial charge in [0.25, 0.3) is 11.8 Å². The summed E-state index contributed by atoms with van der Waals surface area (Å²) in [6.07, 6.45) is -4.87. The summed E-state index contributed by atoms with van der Waals surface area (Å²) in [5.41, 5.74) is -2.43. The molecule has 2 heterocycles. The van der Waals surface area contributed by atoms with Crippen LogP contribution in [0.3, 0.4) is 0 Å². The fraction of sp³-hybridized carbons (Fsp3) is 0.227. The maximum Gasteiger partial charge on any atom is 0.419 e. The number of carbonyl (C=O) groups is 3. The standard InChI is InChI=1S/C22H15F4N3O4/c1-33-14-4-3-13-10-29(18(30)15(13)9-14)11-21(19(31)27-20(32)28-21)7-6-12-2-5-16(17(23)8-12)22(24,25)26/h2-5,8-9H,10-11H2,1H3,(H2,27,28,31,32)/t21-/m1/s1. The summed E-state index contributed by atoms with van der Waals surface area (Å²) in [6.45, 7) is -0.198. The first-order chi connectivity index (χ1) is 15.5. The van der Waals surface area contributed by atoms with Crippen LogP contribution in [0, 0.1) is 17.7 Å². The largest absolute Gasteiger partial charge is 0.497 e. The predicted molar refractivity (Wildman–Crippen MR) is 105 cm³/mol. The normalized spacial score (nSPS) is 19.5. The van der Waals surface area contributed by atoms with E-state index in [2.05, 4.69) is 17.2 Å². The van der Waals surface area contributed by atoms with Gasteiger partial charge in [-0.25, -0.2) is 9.18 Å². The highest BCUT2D eigenvalue weighted by atomic mass is 19.4. The molecule has 7 nitrogen and oxygen atoms in total. The second kappa shape index (κ2) is 7.81. The molecule has 4 amide bonds. The topological polar surface area (TPSA) is 87.7 Å². The first-order valence-corrected chi connectivity index (χ1v) is 9.52. The Bertz CT molecular complexity index is 1250. The highest BCUT2D eigenvalue weighted by Crippen LogP contribution is 2.32. The lowest BCUT2D eigenvalue weighted by molar-refractivity contribution is -0.140. The van der Waals surface area contributed by atoms with E-state index in [1.54, 1.807) is 18.2 Å². The summed E-state index contributed by atoms with van der Waals surface area (Å²) in [7, 11) is 1.45. The van der Waals surface area contributed by atoms with Crippen LogP contribution >= 0.6 is 0 Å². The van der Waals surface area contributed by atoms with Gasteiger partial charge in [0.1, 0.15) is 11.6 Å². The number of rotatable bonds is 3. The third-order valence-corrected chi connectivity index (χ3v) is 5.26. The Morgan fingerprint density at radius 3 is 2.52 bits per heavy atom. The maximum absolute atomic E-state index is 13.9. The lowest BCUT2D eigenvalue weighted by Crippen LogP contribution is -2.54. The average Bonchev–Trinajstić information content (AvgIpc) is 3.20. The molecule has 0 spiro atoms. The number of benzene rings is 2. The number of imide groups is 1. The van der Waals surface area contributed by atoms with Crippen molar-refractivity contribution >= 4 is 17.8 Å². The molecule has 1 fully saturated rings. The number of urea groups is 1. The Morgan fingerprint density at radius 1 is 1.15 bits per heavy atom. The summed E-state index contributed by atoms with van der Waals surface area (Å²) in [6, 6.07) is 6.14. The molecule has 2 aromatic carbocycles. The van der Waals surface area contributed by atoms with Crippen LogP contribution in [0.1, 0.15) is 27.0 Å². The Morgan fingerprint density at radius 2 is 1.91 bits per heavy atom. The van der Waals surface area contributed by atoms with Crippen LogP contribution < -0.4 is 15.4 Å². The molecule has 33 heavy (non-hydrogen) atoms. The minimum absolute atomic E-state index is 0.139. The molecule has 4 rings (SSSR count). The number of carbonyl (C=O) groups excluding carboxylic acids is 3. The van der Waals surface area contributed by atoms with Crippen molar-refractivity contribution in [3.63, 3.8) is 0 Å². The summed E-state index contributed by atoms with van der Waals surface area (Å²) < 4.78 is 57.3. The molecule has 2 N–H and O–H groups in total. The minimum atomic E-state index is -4.87. The number of hydrogen-bond acceptors (Lipinski definition) is 4. The average molecular weight is 461 g/mol. The lowest BCUT2D eigenvalue weighted by Gasteiger charge is -2.26. The van der Waals surface area contributed by atoms with Gasteiger partial charge in [-0.05, 0) is 35.9 Å². The zero-order valence-electron chi connectivity index (χ0n) is 17.0. The molecule has 170 valence electrons. The SMILES string of the molecule is COc1ccc2c(c1)C(=O)N(C[C@@]1(C#Cc3ccc(C(F)(F)F)c(F)c3)NC(=O)NC1=O)C2. The van der Waals surface area contributed by atoms with Crippen LogP contribution in [0.15, 0.2) is 36.4 Å². The molecular formula is C22H15F4N3O4. The zero-order chi connectivity index (χ0) is 24.0. The molecule has 0 unspecified atom stereocenters. The molecule has 1 saturated heterocycles. The summed E-state index contributed by atoms with van der Waals surface area (Å²) in [5, 5.41) is 4.41. The number of nitrogens with zero attached hydrogens (tertiary/aromatic N) is 1. The van der Waals surface area contributed by atoms with Crippen LogP contribution in [-0.4, -0.2) is 41.9 Å². The molecule has 0 saturated carbocycles. The van der Waals surface area contributed by atoms with E-state index in [-0.39, 0.29) is 18.7 Å². The van der Waals surface area contributed by atoms with Crippen molar-refractivity contribution in [3.8, 4) is 17.6 Å². The molecule has 0 aliphatic carbocycles. The van der Waals surface area contributed by atoms with E-state index in [9.17, 15) is 31.9 Å². The third kappa shape index (κ3) is 4.07. The highest BCUT2D eigenvalue weighted by molar-refractivity contribution is 6.10. The van der Waals surface area contributed by atoms with Crippen LogP contribution in [0.25, 0.3) is 0 Å². The molecule has 0 bridgehead atoms. The number of fused-ring (bicyclic) bond motifs is 1. The third-order valence-electron chi connectivity index (χ3n) is 5.26. The maximum atomic E-state index is 13.9. The van der Waals surface area contributed by atoms with Gasteiger partial charge in [0.05, 0.1) is 19.2 Å². The zero-order valence-corrected chi connectivity index (χ0v) is 17.0. The van der Waals surface area contributed by atoms with Crippen LogP contribution in [0.5, 0.6) is 5.75 Å². The van der Waals surface area contributed by atoms with E-state index < -0.39 is 40.9 Å². The quantitative estimate of drug-likeness (QED) is 0.418. The van der Waals surface area contributed by atoms with Gasteiger partial charge in [0.15, 0.2) is 0 Å². The minimum Gasteiger partial charge on any atom is -0.497 e. The van der Waals surface area contributed by atoms with Gasteiger partial charge in [-0.1, -0.05) is 17.9 Å². The molecular weight excluding hydrogens is 446 g/mol. The van der Waals surface area contributed by atoms with Crippen molar-refractivity contribution in [2.45, 2.75) is 18.3 Å². The van der Waals surface area contributed by atoms with Gasteiger partial charge in [0, 0.05) is 17.7 Å². The van der Waals surface area contributed by atoms with Crippen molar-refractivity contribution in [3.05, 3.63) is 64.5 Å². The Labute approximate surface area is 184 Å². The summed E-state index contributed by atoms with van der Waals surface area (Å²) >= 11 is 0. The molecule has 1 atom stereocenters. The van der Waals surface area contributed by atoms with Gasteiger partial charge >= 0.3 is 12.2 Å². The first-order valence-electron chi connectivity index (χ1n) is 9.52.